The second-order valence-electron chi connectivity index (χ2n) is 4.90. The van der Waals surface area contributed by atoms with Crippen molar-refractivity contribution in [1.29, 1.82) is 0 Å². The lowest BCUT2D eigenvalue weighted by molar-refractivity contribution is 0.827. The molecule has 18 heavy (non-hydrogen) atoms. The standard InChI is InChI=1S/C17H15N/c1-2-18-15-9-4-3-7-14(15)17-13-8-5-6-12(13)10-11-16(17)18/h3-7,9-11H,2,8H2,1H3. The number of benzene rings is 2. The highest BCUT2D eigenvalue weighted by Crippen LogP contribution is 2.35. The van der Waals surface area contributed by atoms with Gasteiger partial charge in [0.25, 0.3) is 0 Å². The first-order chi connectivity index (χ1) is 8.90. The first kappa shape index (κ1) is 9.95. The van der Waals surface area contributed by atoms with E-state index in [9.17, 15) is 0 Å². The zero-order valence-electron chi connectivity index (χ0n) is 10.5. The molecule has 1 aliphatic rings. The van der Waals surface area contributed by atoms with Gasteiger partial charge in [-0.1, -0.05) is 36.4 Å². The summed E-state index contributed by atoms with van der Waals surface area (Å²) in [6.07, 6.45) is 5.58. The Labute approximate surface area is 106 Å². The lowest BCUT2D eigenvalue weighted by atomic mass is 10.0. The van der Waals surface area contributed by atoms with Crippen molar-refractivity contribution in [2.75, 3.05) is 0 Å². The molecule has 0 bridgehead atoms. The molecule has 1 aromatic heterocycles. The van der Waals surface area contributed by atoms with E-state index in [1.807, 2.05) is 0 Å². The molecule has 0 saturated heterocycles. The van der Waals surface area contributed by atoms with Crippen molar-refractivity contribution in [3.05, 3.63) is 53.6 Å². The van der Waals surface area contributed by atoms with Crippen molar-refractivity contribution >= 4 is 27.9 Å². The summed E-state index contributed by atoms with van der Waals surface area (Å²) in [6, 6.07) is 13.3. The molecule has 0 spiro atoms. The van der Waals surface area contributed by atoms with Gasteiger partial charge in [0.15, 0.2) is 0 Å². The Morgan fingerprint density at radius 1 is 1.06 bits per heavy atom. The van der Waals surface area contributed by atoms with Gasteiger partial charge >= 0.3 is 0 Å². The number of aryl methyl sites for hydroxylation is 1. The minimum Gasteiger partial charge on any atom is -0.341 e. The molecule has 88 valence electrons. The summed E-state index contributed by atoms with van der Waals surface area (Å²) < 4.78 is 2.42. The third-order valence-corrected chi connectivity index (χ3v) is 4.02. The van der Waals surface area contributed by atoms with Crippen LogP contribution in [0.4, 0.5) is 0 Å². The molecule has 1 heteroatoms. The van der Waals surface area contributed by atoms with Gasteiger partial charge in [0.1, 0.15) is 0 Å². The van der Waals surface area contributed by atoms with E-state index in [1.54, 1.807) is 0 Å². The van der Waals surface area contributed by atoms with Gasteiger partial charge in [-0.25, -0.2) is 0 Å². The Kier molecular flexibility index (Phi) is 1.93. The average molecular weight is 233 g/mol. The van der Waals surface area contributed by atoms with E-state index >= 15 is 0 Å². The van der Waals surface area contributed by atoms with E-state index < -0.39 is 0 Å². The fourth-order valence-corrected chi connectivity index (χ4v) is 3.25. The number of hydrogen-bond acceptors (Lipinski definition) is 0. The van der Waals surface area contributed by atoms with Crippen LogP contribution in [0, 0.1) is 0 Å². The summed E-state index contributed by atoms with van der Waals surface area (Å²) in [4.78, 5) is 0. The van der Waals surface area contributed by atoms with E-state index in [2.05, 4.69) is 60.0 Å². The van der Waals surface area contributed by atoms with Crippen LogP contribution in [0.5, 0.6) is 0 Å². The summed E-state index contributed by atoms with van der Waals surface area (Å²) in [5.74, 6) is 0. The van der Waals surface area contributed by atoms with Gasteiger partial charge in [0.05, 0.1) is 0 Å². The number of rotatable bonds is 1. The second kappa shape index (κ2) is 3.49. The van der Waals surface area contributed by atoms with Crippen LogP contribution in [0.15, 0.2) is 42.5 Å². The molecule has 1 heterocycles. The van der Waals surface area contributed by atoms with E-state index in [0.29, 0.717) is 0 Å². The fourth-order valence-electron chi connectivity index (χ4n) is 3.25. The normalized spacial score (nSPS) is 13.6. The Hall–Kier alpha value is -2.02. The number of para-hydroxylation sites is 1. The van der Waals surface area contributed by atoms with Gasteiger partial charge < -0.3 is 4.57 Å². The average Bonchev–Trinajstić information content (AvgIpc) is 2.99. The third-order valence-electron chi connectivity index (χ3n) is 4.02. The zero-order valence-corrected chi connectivity index (χ0v) is 10.5. The number of aromatic nitrogens is 1. The van der Waals surface area contributed by atoms with Crippen molar-refractivity contribution in [1.82, 2.24) is 4.57 Å². The molecule has 0 fully saturated rings. The maximum atomic E-state index is 2.42. The highest BCUT2D eigenvalue weighted by atomic mass is 15.0. The Morgan fingerprint density at radius 2 is 1.94 bits per heavy atom. The van der Waals surface area contributed by atoms with Gasteiger partial charge in [-0.2, -0.15) is 0 Å². The van der Waals surface area contributed by atoms with Crippen LogP contribution < -0.4 is 0 Å². The molecule has 0 amide bonds. The SMILES string of the molecule is CCn1c2ccccc2c2c3c(ccc21)C=CC3. The maximum absolute atomic E-state index is 2.42. The van der Waals surface area contributed by atoms with Crippen LogP contribution in [-0.2, 0) is 13.0 Å². The molecule has 4 rings (SSSR count). The highest BCUT2D eigenvalue weighted by molar-refractivity contribution is 6.11. The van der Waals surface area contributed by atoms with Gasteiger partial charge in [-0.3, -0.25) is 0 Å². The van der Waals surface area contributed by atoms with E-state index in [1.165, 1.54) is 32.9 Å². The van der Waals surface area contributed by atoms with Crippen LogP contribution in [0.3, 0.4) is 0 Å². The van der Waals surface area contributed by atoms with Crippen molar-refractivity contribution < 1.29 is 0 Å². The smallest absolute Gasteiger partial charge is 0.0494 e. The molecule has 0 radical (unpaired) electrons. The minimum absolute atomic E-state index is 1.02. The maximum Gasteiger partial charge on any atom is 0.0494 e. The first-order valence-electron chi connectivity index (χ1n) is 6.59. The molecule has 2 aromatic carbocycles. The van der Waals surface area contributed by atoms with Gasteiger partial charge in [0.2, 0.25) is 0 Å². The third kappa shape index (κ3) is 1.11. The topological polar surface area (TPSA) is 4.93 Å². The summed E-state index contributed by atoms with van der Waals surface area (Å²) >= 11 is 0. The Balaban J connectivity index is 2.28. The zero-order chi connectivity index (χ0) is 12.1. The largest absolute Gasteiger partial charge is 0.341 e. The molecule has 0 N–H and O–H groups in total. The van der Waals surface area contributed by atoms with E-state index in [0.717, 1.165) is 13.0 Å². The van der Waals surface area contributed by atoms with Gasteiger partial charge in [-0.05, 0) is 36.6 Å². The predicted octanol–water partition coefficient (Wildman–Crippen LogP) is 4.38. The molecule has 3 aromatic rings. The molecule has 0 aliphatic heterocycles. The number of hydrogen-bond donors (Lipinski definition) is 0. The van der Waals surface area contributed by atoms with Crippen molar-refractivity contribution in [3.8, 4) is 0 Å². The minimum atomic E-state index is 1.02. The summed E-state index contributed by atoms with van der Waals surface area (Å²) in [5, 5.41) is 2.85. The fraction of sp³-hybridized carbons (Fsp3) is 0.176. The summed E-state index contributed by atoms with van der Waals surface area (Å²) in [5.41, 5.74) is 5.62. The second-order valence-corrected chi connectivity index (χ2v) is 4.90. The molecule has 0 atom stereocenters. The first-order valence-corrected chi connectivity index (χ1v) is 6.59. The number of fused-ring (bicyclic) bond motifs is 5. The number of nitrogens with zero attached hydrogens (tertiary/aromatic N) is 1. The van der Waals surface area contributed by atoms with Crippen LogP contribution in [0.2, 0.25) is 0 Å². The van der Waals surface area contributed by atoms with Crippen molar-refractivity contribution in [2.45, 2.75) is 19.9 Å². The van der Waals surface area contributed by atoms with E-state index in [4.69, 9.17) is 0 Å². The van der Waals surface area contributed by atoms with Crippen LogP contribution in [-0.4, -0.2) is 4.57 Å². The lowest BCUT2D eigenvalue weighted by Gasteiger charge is -2.04. The predicted molar refractivity (Wildman–Crippen MR) is 77.9 cm³/mol. The molecule has 1 aliphatic carbocycles. The lowest BCUT2D eigenvalue weighted by Crippen LogP contribution is -1.93. The van der Waals surface area contributed by atoms with Crippen molar-refractivity contribution in [3.63, 3.8) is 0 Å². The quantitative estimate of drug-likeness (QED) is 0.587. The van der Waals surface area contributed by atoms with Gasteiger partial charge in [0, 0.05) is 28.4 Å². The van der Waals surface area contributed by atoms with E-state index in [-0.39, 0.29) is 0 Å². The van der Waals surface area contributed by atoms with Crippen molar-refractivity contribution in [2.24, 2.45) is 0 Å². The summed E-state index contributed by atoms with van der Waals surface area (Å²) in [7, 11) is 0. The highest BCUT2D eigenvalue weighted by Gasteiger charge is 2.16. The molecule has 1 nitrogen and oxygen atoms in total. The number of allylic oxidation sites excluding steroid dienone is 1. The Bertz CT molecular complexity index is 790. The monoisotopic (exact) mass is 233 g/mol. The molecule has 0 saturated carbocycles. The van der Waals surface area contributed by atoms with Gasteiger partial charge in [-0.15, -0.1) is 0 Å². The van der Waals surface area contributed by atoms with Crippen LogP contribution in [0.25, 0.3) is 27.9 Å². The van der Waals surface area contributed by atoms with Crippen LogP contribution >= 0.6 is 0 Å². The molecule has 0 unspecified atom stereocenters. The van der Waals surface area contributed by atoms with Crippen LogP contribution in [0.1, 0.15) is 18.1 Å². The summed E-state index contributed by atoms with van der Waals surface area (Å²) in [6.45, 7) is 3.24. The molecular formula is C17H15N. The Morgan fingerprint density at radius 3 is 2.83 bits per heavy atom. The molecular weight excluding hydrogens is 218 g/mol.